The second-order valence-corrected chi connectivity index (χ2v) is 4.37. The average molecular weight is 224 g/mol. The highest BCUT2D eigenvalue weighted by atomic mass is 32.2. The molecule has 0 aliphatic rings. The molecular weight excluding hydrogens is 208 g/mol. The van der Waals surface area contributed by atoms with Gasteiger partial charge in [0.05, 0.1) is 11.4 Å². The second-order valence-electron chi connectivity index (χ2n) is 3.38. The number of hydrogen-bond acceptors (Lipinski definition) is 3. The number of hydrogen-bond donors (Lipinski definition) is 2. The van der Waals surface area contributed by atoms with Gasteiger partial charge in [-0.05, 0) is 30.9 Å². The molecule has 0 spiro atoms. The maximum atomic E-state index is 11.5. The number of nitrogen functional groups attached to an aromatic ring is 1. The van der Waals surface area contributed by atoms with Crippen molar-refractivity contribution in [2.75, 3.05) is 23.1 Å². The molecule has 0 aliphatic carbocycles. The van der Waals surface area contributed by atoms with Crippen LogP contribution in [-0.4, -0.2) is 17.9 Å². The topological polar surface area (TPSA) is 55.1 Å². The number of nitrogens with one attached hydrogen (secondary N) is 1. The molecule has 0 fully saturated rings. The maximum Gasteiger partial charge on any atom is 0.225 e. The Kier molecular flexibility index (Phi) is 4.49. The van der Waals surface area contributed by atoms with Crippen molar-refractivity contribution in [2.24, 2.45) is 0 Å². The number of carbonyl (C=O) groups excluding carboxylic acids is 1. The first-order valence-electron chi connectivity index (χ1n) is 4.78. The number of nitrogens with two attached hydrogens (primary N) is 1. The summed E-state index contributed by atoms with van der Waals surface area (Å²) < 4.78 is 0. The number of benzene rings is 1. The van der Waals surface area contributed by atoms with E-state index in [9.17, 15) is 4.79 Å². The van der Waals surface area contributed by atoms with Gasteiger partial charge in [-0.15, -0.1) is 0 Å². The molecule has 0 unspecified atom stereocenters. The summed E-state index contributed by atoms with van der Waals surface area (Å²) >= 11 is 1.66. The van der Waals surface area contributed by atoms with E-state index in [4.69, 9.17) is 5.73 Å². The van der Waals surface area contributed by atoms with E-state index in [2.05, 4.69) is 5.32 Å². The predicted octanol–water partition coefficient (Wildman–Crippen LogP) is 2.27. The van der Waals surface area contributed by atoms with E-state index >= 15 is 0 Å². The van der Waals surface area contributed by atoms with E-state index in [1.807, 2.05) is 25.3 Å². The van der Waals surface area contributed by atoms with E-state index in [1.54, 1.807) is 17.8 Å². The van der Waals surface area contributed by atoms with Gasteiger partial charge in [-0.1, -0.05) is 6.07 Å². The minimum atomic E-state index is 0.0154. The molecule has 0 bridgehead atoms. The van der Waals surface area contributed by atoms with Gasteiger partial charge in [-0.25, -0.2) is 0 Å². The lowest BCUT2D eigenvalue weighted by Crippen LogP contribution is -2.13. The molecule has 3 N–H and O–H groups in total. The van der Waals surface area contributed by atoms with Gasteiger partial charge in [0, 0.05) is 12.2 Å². The van der Waals surface area contributed by atoms with Crippen LogP contribution < -0.4 is 11.1 Å². The zero-order valence-corrected chi connectivity index (χ0v) is 9.86. The Hall–Kier alpha value is -1.16. The first-order chi connectivity index (χ1) is 7.13. The Bertz CT molecular complexity index is 352. The second kappa shape index (κ2) is 5.66. The molecule has 0 heterocycles. The van der Waals surface area contributed by atoms with Gasteiger partial charge in [-0.2, -0.15) is 11.8 Å². The van der Waals surface area contributed by atoms with Crippen LogP contribution in [0.25, 0.3) is 0 Å². The van der Waals surface area contributed by atoms with Crippen molar-refractivity contribution >= 4 is 29.0 Å². The molecule has 0 aliphatic heterocycles. The van der Waals surface area contributed by atoms with Crippen LogP contribution in [0.2, 0.25) is 0 Å². The summed E-state index contributed by atoms with van der Waals surface area (Å²) in [5.41, 5.74) is 8.15. The number of rotatable bonds is 4. The summed E-state index contributed by atoms with van der Waals surface area (Å²) in [7, 11) is 0. The summed E-state index contributed by atoms with van der Waals surface area (Å²) in [5.74, 6) is 0.846. The SMILES string of the molecule is CSCCC(=O)Nc1cc(C)ccc1N. The normalized spacial score (nSPS) is 10.0. The van der Waals surface area contributed by atoms with Crippen molar-refractivity contribution in [3.63, 3.8) is 0 Å². The minimum absolute atomic E-state index is 0.0154. The highest BCUT2D eigenvalue weighted by Crippen LogP contribution is 2.19. The largest absolute Gasteiger partial charge is 0.397 e. The molecule has 1 aromatic rings. The van der Waals surface area contributed by atoms with Crippen LogP contribution in [-0.2, 0) is 4.79 Å². The number of carbonyl (C=O) groups is 1. The van der Waals surface area contributed by atoms with Crippen molar-refractivity contribution in [1.82, 2.24) is 0 Å². The molecule has 82 valence electrons. The Balaban J connectivity index is 2.63. The lowest BCUT2D eigenvalue weighted by molar-refractivity contribution is -0.115. The van der Waals surface area contributed by atoms with Gasteiger partial charge < -0.3 is 11.1 Å². The molecule has 0 aromatic heterocycles. The average Bonchev–Trinajstić information content (AvgIpc) is 2.20. The van der Waals surface area contributed by atoms with E-state index < -0.39 is 0 Å². The zero-order chi connectivity index (χ0) is 11.3. The van der Waals surface area contributed by atoms with E-state index in [-0.39, 0.29) is 5.91 Å². The zero-order valence-electron chi connectivity index (χ0n) is 9.04. The number of amides is 1. The maximum absolute atomic E-state index is 11.5. The lowest BCUT2D eigenvalue weighted by Gasteiger charge is -2.08. The van der Waals surface area contributed by atoms with Crippen LogP contribution in [0, 0.1) is 6.92 Å². The van der Waals surface area contributed by atoms with Crippen LogP contribution in [0.5, 0.6) is 0 Å². The fourth-order valence-corrected chi connectivity index (χ4v) is 1.58. The summed E-state index contributed by atoms with van der Waals surface area (Å²) in [6.45, 7) is 1.97. The monoisotopic (exact) mass is 224 g/mol. The van der Waals surface area contributed by atoms with Crippen LogP contribution in [0.4, 0.5) is 11.4 Å². The van der Waals surface area contributed by atoms with Crippen LogP contribution >= 0.6 is 11.8 Å². The Labute approximate surface area is 94.4 Å². The van der Waals surface area contributed by atoms with Gasteiger partial charge in [0.1, 0.15) is 0 Å². The first kappa shape index (κ1) is 11.9. The van der Waals surface area contributed by atoms with Crippen molar-refractivity contribution < 1.29 is 4.79 Å². The van der Waals surface area contributed by atoms with E-state index in [0.29, 0.717) is 17.8 Å². The smallest absolute Gasteiger partial charge is 0.225 e. The number of aryl methyl sites for hydroxylation is 1. The predicted molar refractivity (Wildman–Crippen MR) is 67.2 cm³/mol. The fraction of sp³-hybridized carbons (Fsp3) is 0.364. The third kappa shape index (κ3) is 3.83. The van der Waals surface area contributed by atoms with Crippen LogP contribution in [0.3, 0.4) is 0 Å². The summed E-state index contributed by atoms with van der Waals surface area (Å²) in [6.07, 6.45) is 2.50. The first-order valence-corrected chi connectivity index (χ1v) is 6.18. The van der Waals surface area contributed by atoms with Crippen molar-refractivity contribution in [3.8, 4) is 0 Å². The van der Waals surface area contributed by atoms with Gasteiger partial charge >= 0.3 is 0 Å². The summed E-state index contributed by atoms with van der Waals surface area (Å²) in [6, 6.07) is 5.61. The molecular formula is C11H16N2OS. The molecule has 3 nitrogen and oxygen atoms in total. The lowest BCUT2D eigenvalue weighted by atomic mass is 10.2. The van der Waals surface area contributed by atoms with Crippen molar-refractivity contribution in [3.05, 3.63) is 23.8 Å². The van der Waals surface area contributed by atoms with Crippen molar-refractivity contribution in [1.29, 1.82) is 0 Å². The molecule has 15 heavy (non-hydrogen) atoms. The quantitative estimate of drug-likeness (QED) is 0.771. The van der Waals surface area contributed by atoms with E-state index in [0.717, 1.165) is 11.3 Å². The molecule has 4 heteroatoms. The van der Waals surface area contributed by atoms with Crippen molar-refractivity contribution in [2.45, 2.75) is 13.3 Å². The molecule has 0 radical (unpaired) electrons. The number of anilines is 2. The third-order valence-corrected chi connectivity index (χ3v) is 2.63. The highest BCUT2D eigenvalue weighted by Gasteiger charge is 2.04. The standard InChI is InChI=1S/C11H16N2OS/c1-8-3-4-9(12)10(7-8)13-11(14)5-6-15-2/h3-4,7H,5-6,12H2,1-2H3,(H,13,14). The molecule has 0 saturated heterocycles. The van der Waals surface area contributed by atoms with Gasteiger partial charge in [0.2, 0.25) is 5.91 Å². The van der Waals surface area contributed by atoms with Crippen LogP contribution in [0.1, 0.15) is 12.0 Å². The molecule has 0 atom stereocenters. The van der Waals surface area contributed by atoms with Crippen LogP contribution in [0.15, 0.2) is 18.2 Å². The van der Waals surface area contributed by atoms with E-state index in [1.165, 1.54) is 0 Å². The van der Waals surface area contributed by atoms with Gasteiger partial charge in [0.25, 0.3) is 0 Å². The molecule has 1 amide bonds. The Morgan fingerprint density at radius 3 is 2.93 bits per heavy atom. The Morgan fingerprint density at radius 1 is 1.53 bits per heavy atom. The third-order valence-electron chi connectivity index (χ3n) is 2.02. The van der Waals surface area contributed by atoms with Gasteiger partial charge in [0.15, 0.2) is 0 Å². The number of thioether (sulfide) groups is 1. The molecule has 1 aromatic carbocycles. The molecule has 1 rings (SSSR count). The Morgan fingerprint density at radius 2 is 2.27 bits per heavy atom. The molecule has 0 saturated carbocycles. The minimum Gasteiger partial charge on any atom is -0.397 e. The highest BCUT2D eigenvalue weighted by molar-refractivity contribution is 7.98. The summed E-state index contributed by atoms with van der Waals surface area (Å²) in [5, 5.41) is 2.81. The van der Waals surface area contributed by atoms with Gasteiger partial charge in [-0.3, -0.25) is 4.79 Å². The fourth-order valence-electron chi connectivity index (χ4n) is 1.19. The summed E-state index contributed by atoms with van der Waals surface area (Å²) in [4.78, 5) is 11.5.